The van der Waals surface area contributed by atoms with Gasteiger partial charge in [-0.25, -0.2) is 0 Å². The van der Waals surface area contributed by atoms with Crippen molar-refractivity contribution in [2.24, 2.45) is 0 Å². The topological polar surface area (TPSA) is 33.0 Å². The number of hydrogen-bond acceptors (Lipinski definition) is 2. The van der Waals surface area contributed by atoms with Crippen LogP contribution in [0.4, 0.5) is 0 Å². The summed E-state index contributed by atoms with van der Waals surface area (Å²) in [5, 5.41) is 8.79. The lowest BCUT2D eigenvalue weighted by molar-refractivity contribution is 0.303. The zero-order valence-corrected chi connectivity index (χ0v) is 7.58. The Hall–Kier alpha value is -1.49. The third-order valence-corrected chi connectivity index (χ3v) is 2.16. The number of nitrogens with zero attached hydrogens (tertiary/aromatic N) is 1. The summed E-state index contributed by atoms with van der Waals surface area (Å²) < 4.78 is 5.57. The minimum atomic E-state index is 0.397. The average molecular weight is 173 g/mol. The molecule has 0 aromatic heterocycles. The Bertz CT molecular complexity index is 361. The molecule has 2 heteroatoms. The normalized spacial score (nSPS) is 15.1. The molecule has 2 rings (SSSR count). The molecule has 66 valence electrons. The van der Waals surface area contributed by atoms with Crippen molar-refractivity contribution < 1.29 is 4.74 Å². The zero-order chi connectivity index (χ0) is 9.26. The van der Waals surface area contributed by atoms with Crippen LogP contribution in [0.25, 0.3) is 0 Å². The third-order valence-electron chi connectivity index (χ3n) is 2.16. The van der Waals surface area contributed by atoms with Crippen molar-refractivity contribution in [3.63, 3.8) is 0 Å². The van der Waals surface area contributed by atoms with Gasteiger partial charge in [-0.1, -0.05) is 6.07 Å². The van der Waals surface area contributed by atoms with Gasteiger partial charge in [-0.3, -0.25) is 0 Å². The maximum absolute atomic E-state index is 8.79. The van der Waals surface area contributed by atoms with Gasteiger partial charge in [0.2, 0.25) is 0 Å². The van der Waals surface area contributed by atoms with E-state index in [1.54, 1.807) is 0 Å². The van der Waals surface area contributed by atoms with E-state index in [2.05, 4.69) is 6.07 Å². The highest BCUT2D eigenvalue weighted by atomic mass is 16.5. The summed E-state index contributed by atoms with van der Waals surface area (Å²) in [7, 11) is 0. The van der Waals surface area contributed by atoms with Gasteiger partial charge in [-0.2, -0.15) is 5.26 Å². The molecule has 0 spiro atoms. The van der Waals surface area contributed by atoms with E-state index in [0.717, 1.165) is 24.2 Å². The molecule has 1 aromatic rings. The lowest BCUT2D eigenvalue weighted by atomic mass is 10.1. The van der Waals surface area contributed by atoms with Crippen molar-refractivity contribution >= 4 is 0 Å². The van der Waals surface area contributed by atoms with Gasteiger partial charge in [-0.05, 0) is 37.5 Å². The number of rotatable bonds is 2. The molecule has 1 saturated carbocycles. The standard InChI is InChI=1S/C11H11NO/c1-8-2-3-11(6-9(8)7-12)13-10-4-5-10/h2-3,6,10H,4-5H2,1H3. The lowest BCUT2D eigenvalue weighted by Crippen LogP contribution is -1.96. The van der Waals surface area contributed by atoms with Gasteiger partial charge in [-0.15, -0.1) is 0 Å². The van der Waals surface area contributed by atoms with E-state index in [0.29, 0.717) is 11.7 Å². The Kier molecular flexibility index (Phi) is 1.94. The van der Waals surface area contributed by atoms with Crippen LogP contribution >= 0.6 is 0 Å². The molecule has 2 nitrogen and oxygen atoms in total. The van der Waals surface area contributed by atoms with Crippen LogP contribution in [0.3, 0.4) is 0 Å². The van der Waals surface area contributed by atoms with Crippen molar-refractivity contribution in [3.05, 3.63) is 29.3 Å². The Morgan fingerprint density at radius 1 is 1.46 bits per heavy atom. The molecule has 1 aliphatic rings. The minimum absolute atomic E-state index is 0.397. The molecule has 0 aliphatic heterocycles. The molecule has 0 bridgehead atoms. The molecular formula is C11H11NO. The summed E-state index contributed by atoms with van der Waals surface area (Å²) in [5.41, 5.74) is 1.71. The largest absolute Gasteiger partial charge is 0.490 e. The fourth-order valence-corrected chi connectivity index (χ4v) is 1.17. The van der Waals surface area contributed by atoms with Gasteiger partial charge >= 0.3 is 0 Å². The highest BCUT2D eigenvalue weighted by Crippen LogP contribution is 2.27. The monoisotopic (exact) mass is 173 g/mol. The first-order valence-corrected chi connectivity index (χ1v) is 4.47. The number of aryl methyl sites for hydroxylation is 1. The van der Waals surface area contributed by atoms with E-state index in [9.17, 15) is 0 Å². The van der Waals surface area contributed by atoms with Crippen LogP contribution in [-0.2, 0) is 0 Å². The molecule has 1 aliphatic carbocycles. The van der Waals surface area contributed by atoms with Gasteiger partial charge in [0.15, 0.2) is 0 Å². The van der Waals surface area contributed by atoms with E-state index in [1.165, 1.54) is 0 Å². The van der Waals surface area contributed by atoms with Crippen LogP contribution < -0.4 is 4.74 Å². The summed E-state index contributed by atoms with van der Waals surface area (Å²) >= 11 is 0. The van der Waals surface area contributed by atoms with Crippen LogP contribution in [0.1, 0.15) is 24.0 Å². The fourth-order valence-electron chi connectivity index (χ4n) is 1.17. The van der Waals surface area contributed by atoms with Crippen molar-refractivity contribution in [1.29, 1.82) is 5.26 Å². The van der Waals surface area contributed by atoms with Crippen LogP contribution in [0.15, 0.2) is 18.2 Å². The SMILES string of the molecule is Cc1ccc(OC2CC2)cc1C#N. The van der Waals surface area contributed by atoms with E-state index in [-0.39, 0.29) is 0 Å². The number of nitriles is 1. The maximum Gasteiger partial charge on any atom is 0.121 e. The number of hydrogen-bond donors (Lipinski definition) is 0. The fraction of sp³-hybridized carbons (Fsp3) is 0.364. The molecule has 1 fully saturated rings. The summed E-state index contributed by atoms with van der Waals surface area (Å²) in [6.07, 6.45) is 2.69. The van der Waals surface area contributed by atoms with E-state index in [1.807, 2.05) is 25.1 Å². The summed E-state index contributed by atoms with van der Waals surface area (Å²) in [5.74, 6) is 0.824. The predicted molar refractivity (Wildman–Crippen MR) is 49.5 cm³/mol. The van der Waals surface area contributed by atoms with Gasteiger partial charge < -0.3 is 4.74 Å². The minimum Gasteiger partial charge on any atom is -0.490 e. The molecule has 13 heavy (non-hydrogen) atoms. The summed E-state index contributed by atoms with van der Waals surface area (Å²) in [6, 6.07) is 7.81. The van der Waals surface area contributed by atoms with E-state index in [4.69, 9.17) is 10.00 Å². The second-order valence-electron chi connectivity index (χ2n) is 3.41. The quantitative estimate of drug-likeness (QED) is 0.688. The van der Waals surface area contributed by atoms with Gasteiger partial charge in [0, 0.05) is 0 Å². The van der Waals surface area contributed by atoms with Crippen molar-refractivity contribution in [2.45, 2.75) is 25.9 Å². The highest BCUT2D eigenvalue weighted by molar-refractivity contribution is 5.42. The first-order valence-electron chi connectivity index (χ1n) is 4.47. The van der Waals surface area contributed by atoms with Gasteiger partial charge in [0.05, 0.1) is 17.7 Å². The molecule has 0 unspecified atom stereocenters. The molecule has 0 amide bonds. The number of benzene rings is 1. The summed E-state index contributed by atoms with van der Waals surface area (Å²) in [4.78, 5) is 0. The lowest BCUT2D eigenvalue weighted by Gasteiger charge is -2.05. The van der Waals surface area contributed by atoms with Crippen LogP contribution in [0.5, 0.6) is 5.75 Å². The van der Waals surface area contributed by atoms with Crippen molar-refractivity contribution in [2.75, 3.05) is 0 Å². The van der Waals surface area contributed by atoms with E-state index < -0.39 is 0 Å². The molecule has 0 atom stereocenters. The Labute approximate surface area is 77.8 Å². The van der Waals surface area contributed by atoms with Gasteiger partial charge in [0.25, 0.3) is 0 Å². The first kappa shape index (κ1) is 8.12. The maximum atomic E-state index is 8.79. The molecule has 0 radical (unpaired) electrons. The molecule has 0 saturated heterocycles. The third kappa shape index (κ3) is 1.81. The van der Waals surface area contributed by atoms with E-state index >= 15 is 0 Å². The first-order chi connectivity index (χ1) is 6.29. The second-order valence-corrected chi connectivity index (χ2v) is 3.41. The second kappa shape index (κ2) is 3.10. The molecule has 0 heterocycles. The molecule has 1 aromatic carbocycles. The smallest absolute Gasteiger partial charge is 0.121 e. The Morgan fingerprint density at radius 3 is 2.85 bits per heavy atom. The van der Waals surface area contributed by atoms with Crippen molar-refractivity contribution in [3.8, 4) is 11.8 Å². The Balaban J connectivity index is 2.22. The highest BCUT2D eigenvalue weighted by Gasteiger charge is 2.23. The molecule has 0 N–H and O–H groups in total. The van der Waals surface area contributed by atoms with Gasteiger partial charge in [0.1, 0.15) is 5.75 Å². The van der Waals surface area contributed by atoms with Crippen LogP contribution in [0.2, 0.25) is 0 Å². The Morgan fingerprint density at radius 2 is 2.23 bits per heavy atom. The summed E-state index contributed by atoms with van der Waals surface area (Å²) in [6.45, 7) is 1.93. The van der Waals surface area contributed by atoms with Crippen molar-refractivity contribution in [1.82, 2.24) is 0 Å². The number of ether oxygens (including phenoxy) is 1. The average Bonchev–Trinajstić information content (AvgIpc) is 2.92. The zero-order valence-electron chi connectivity index (χ0n) is 7.58. The van der Waals surface area contributed by atoms with Crippen LogP contribution in [-0.4, -0.2) is 6.10 Å². The molecular weight excluding hydrogens is 162 g/mol. The predicted octanol–water partition coefficient (Wildman–Crippen LogP) is 2.41. The van der Waals surface area contributed by atoms with Crippen LogP contribution in [0, 0.1) is 18.3 Å².